The molecule has 1 aromatic heterocycles. The molecule has 1 atom stereocenters. The van der Waals surface area contributed by atoms with Gasteiger partial charge in [-0.1, -0.05) is 35.9 Å². The van der Waals surface area contributed by atoms with Crippen molar-refractivity contribution >= 4 is 23.1 Å². The summed E-state index contributed by atoms with van der Waals surface area (Å²) < 4.78 is 5.29. The molecule has 0 bridgehead atoms. The van der Waals surface area contributed by atoms with Crippen LogP contribution in [0.15, 0.2) is 78.6 Å². The Morgan fingerprint density at radius 3 is 2.47 bits per heavy atom. The number of ketones is 1. The van der Waals surface area contributed by atoms with E-state index in [0.29, 0.717) is 17.0 Å². The van der Waals surface area contributed by atoms with E-state index in [1.807, 2.05) is 31.2 Å². The van der Waals surface area contributed by atoms with Crippen molar-refractivity contribution in [2.45, 2.75) is 13.0 Å². The van der Waals surface area contributed by atoms with Gasteiger partial charge in [-0.3, -0.25) is 19.5 Å². The van der Waals surface area contributed by atoms with Crippen LogP contribution in [-0.2, 0) is 9.59 Å². The summed E-state index contributed by atoms with van der Waals surface area (Å²) in [4.78, 5) is 31.5. The Hall–Kier alpha value is -3.93. The molecule has 1 aliphatic heterocycles. The van der Waals surface area contributed by atoms with Gasteiger partial charge in [0.25, 0.3) is 11.7 Å². The first kappa shape index (κ1) is 19.4. The Kier molecular flexibility index (Phi) is 5.06. The summed E-state index contributed by atoms with van der Waals surface area (Å²) in [6, 6.07) is 16.9. The number of benzene rings is 2. The first-order valence-corrected chi connectivity index (χ1v) is 9.43. The number of anilines is 1. The molecule has 2 heterocycles. The first-order chi connectivity index (χ1) is 14.5. The van der Waals surface area contributed by atoms with Crippen LogP contribution in [0, 0.1) is 6.92 Å². The summed E-state index contributed by atoms with van der Waals surface area (Å²) in [6.45, 7) is 1.93. The van der Waals surface area contributed by atoms with Crippen molar-refractivity contribution in [2.24, 2.45) is 0 Å². The molecule has 3 aromatic rings. The Bertz CT molecular complexity index is 1150. The van der Waals surface area contributed by atoms with Gasteiger partial charge < -0.3 is 9.84 Å². The number of rotatable bonds is 4. The zero-order chi connectivity index (χ0) is 21.3. The highest BCUT2D eigenvalue weighted by molar-refractivity contribution is 6.51. The predicted molar refractivity (Wildman–Crippen MR) is 113 cm³/mol. The van der Waals surface area contributed by atoms with Gasteiger partial charge in [0.1, 0.15) is 11.5 Å². The normalized spacial score (nSPS) is 17.9. The van der Waals surface area contributed by atoms with Crippen molar-refractivity contribution in [1.82, 2.24) is 4.98 Å². The molecule has 4 rings (SSSR count). The van der Waals surface area contributed by atoms with E-state index in [-0.39, 0.29) is 11.3 Å². The van der Waals surface area contributed by atoms with E-state index in [2.05, 4.69) is 4.98 Å². The van der Waals surface area contributed by atoms with Crippen molar-refractivity contribution in [3.05, 3.63) is 95.3 Å². The molecule has 6 nitrogen and oxygen atoms in total. The predicted octanol–water partition coefficient (Wildman–Crippen LogP) is 4.02. The van der Waals surface area contributed by atoms with Crippen LogP contribution in [0.4, 0.5) is 5.69 Å². The number of ether oxygens (including phenoxy) is 1. The van der Waals surface area contributed by atoms with Gasteiger partial charge >= 0.3 is 0 Å². The number of aryl methyl sites for hydroxylation is 1. The largest absolute Gasteiger partial charge is 0.507 e. The van der Waals surface area contributed by atoms with Crippen LogP contribution in [0.25, 0.3) is 5.76 Å². The summed E-state index contributed by atoms with van der Waals surface area (Å²) in [5.41, 5.74) is 2.68. The maximum absolute atomic E-state index is 13.1. The molecule has 0 aliphatic carbocycles. The lowest BCUT2D eigenvalue weighted by Gasteiger charge is -2.26. The topological polar surface area (TPSA) is 79.7 Å². The van der Waals surface area contributed by atoms with E-state index in [9.17, 15) is 14.7 Å². The molecule has 0 spiro atoms. The lowest BCUT2D eigenvalue weighted by Crippen LogP contribution is -2.29. The SMILES string of the molecule is COc1cccc(N2C(=O)C(=O)/C(=C(/O)c3ccncc3)C2c2cccc(C)c2)c1. The third kappa shape index (κ3) is 3.33. The summed E-state index contributed by atoms with van der Waals surface area (Å²) in [5, 5.41) is 11.0. The fourth-order valence-corrected chi connectivity index (χ4v) is 3.68. The average molecular weight is 400 g/mol. The van der Waals surface area contributed by atoms with Crippen LogP contribution in [-0.4, -0.2) is 28.9 Å². The van der Waals surface area contributed by atoms with Crippen LogP contribution < -0.4 is 9.64 Å². The molecule has 150 valence electrons. The quantitative estimate of drug-likeness (QED) is 0.406. The Morgan fingerprint density at radius 2 is 1.77 bits per heavy atom. The highest BCUT2D eigenvalue weighted by Gasteiger charge is 2.47. The maximum Gasteiger partial charge on any atom is 0.300 e. The van der Waals surface area contributed by atoms with Gasteiger partial charge in [-0.05, 0) is 36.8 Å². The average Bonchev–Trinajstić information content (AvgIpc) is 3.04. The van der Waals surface area contributed by atoms with Gasteiger partial charge in [0, 0.05) is 29.7 Å². The third-order valence-corrected chi connectivity index (χ3v) is 5.09. The molecule has 30 heavy (non-hydrogen) atoms. The number of hydrogen-bond acceptors (Lipinski definition) is 5. The number of amides is 1. The zero-order valence-corrected chi connectivity index (χ0v) is 16.6. The second kappa shape index (κ2) is 7.83. The van der Waals surface area contributed by atoms with Crippen LogP contribution in [0.5, 0.6) is 5.75 Å². The number of aliphatic hydroxyl groups excluding tert-OH is 1. The van der Waals surface area contributed by atoms with Crippen LogP contribution in [0.2, 0.25) is 0 Å². The van der Waals surface area contributed by atoms with E-state index in [0.717, 1.165) is 11.1 Å². The maximum atomic E-state index is 13.1. The van der Waals surface area contributed by atoms with Crippen LogP contribution >= 0.6 is 0 Å². The first-order valence-electron chi connectivity index (χ1n) is 9.43. The molecule has 0 radical (unpaired) electrons. The molecule has 1 N–H and O–H groups in total. The molecule has 6 heteroatoms. The van der Waals surface area contributed by atoms with E-state index in [1.165, 1.54) is 24.4 Å². The number of Topliss-reactive ketones (excluding diaryl/α,β-unsaturated/α-hetero) is 1. The number of nitrogens with zero attached hydrogens (tertiary/aromatic N) is 2. The van der Waals surface area contributed by atoms with E-state index in [4.69, 9.17) is 4.74 Å². The van der Waals surface area contributed by atoms with Crippen molar-refractivity contribution < 1.29 is 19.4 Å². The molecule has 1 aliphatic rings. The van der Waals surface area contributed by atoms with Gasteiger partial charge in [0.2, 0.25) is 0 Å². The monoisotopic (exact) mass is 400 g/mol. The van der Waals surface area contributed by atoms with Gasteiger partial charge in [0.05, 0.1) is 18.7 Å². The summed E-state index contributed by atoms with van der Waals surface area (Å²) in [6.07, 6.45) is 3.05. The summed E-state index contributed by atoms with van der Waals surface area (Å²) in [7, 11) is 1.54. The molecule has 1 amide bonds. The molecular weight excluding hydrogens is 380 g/mol. The second-order valence-electron chi connectivity index (χ2n) is 7.02. The molecule has 1 unspecified atom stereocenters. The highest BCUT2D eigenvalue weighted by atomic mass is 16.5. The number of carbonyl (C=O) groups is 2. The molecule has 1 saturated heterocycles. The molecule has 2 aromatic carbocycles. The number of carbonyl (C=O) groups excluding carboxylic acids is 2. The van der Waals surface area contributed by atoms with Gasteiger partial charge in [-0.15, -0.1) is 0 Å². The molecule has 1 fully saturated rings. The molecular formula is C24H20N2O4. The van der Waals surface area contributed by atoms with Crippen molar-refractivity contribution in [1.29, 1.82) is 0 Å². The number of aromatic nitrogens is 1. The van der Waals surface area contributed by atoms with Gasteiger partial charge in [-0.2, -0.15) is 0 Å². The fourth-order valence-electron chi connectivity index (χ4n) is 3.68. The van der Waals surface area contributed by atoms with Gasteiger partial charge in [0.15, 0.2) is 0 Å². The van der Waals surface area contributed by atoms with E-state index in [1.54, 1.807) is 36.4 Å². The van der Waals surface area contributed by atoms with Crippen molar-refractivity contribution in [3.8, 4) is 5.75 Å². The van der Waals surface area contributed by atoms with Gasteiger partial charge in [-0.25, -0.2) is 0 Å². The van der Waals surface area contributed by atoms with Crippen molar-refractivity contribution in [3.63, 3.8) is 0 Å². The standard InChI is InChI=1S/C24H20N2O4/c1-15-5-3-6-17(13-15)21-20(22(27)16-9-11-25-12-10-16)23(28)24(29)26(21)18-7-4-8-19(14-18)30-2/h3-14,21,27H,1-2H3/b22-20+. The Balaban J connectivity index is 1.96. The fraction of sp³-hybridized carbons (Fsp3) is 0.125. The second-order valence-corrected chi connectivity index (χ2v) is 7.02. The lowest BCUT2D eigenvalue weighted by molar-refractivity contribution is -0.132. The lowest BCUT2D eigenvalue weighted by atomic mass is 9.94. The van der Waals surface area contributed by atoms with E-state index >= 15 is 0 Å². The molecule has 0 saturated carbocycles. The minimum absolute atomic E-state index is 0.0413. The summed E-state index contributed by atoms with van der Waals surface area (Å²) >= 11 is 0. The minimum Gasteiger partial charge on any atom is -0.507 e. The Labute approximate surface area is 174 Å². The summed E-state index contributed by atoms with van der Waals surface area (Å²) in [5.74, 6) is -1.11. The number of aliphatic hydroxyl groups is 1. The van der Waals surface area contributed by atoms with Crippen molar-refractivity contribution in [2.75, 3.05) is 12.0 Å². The van der Waals surface area contributed by atoms with Crippen LogP contribution in [0.1, 0.15) is 22.7 Å². The minimum atomic E-state index is -0.773. The third-order valence-electron chi connectivity index (χ3n) is 5.09. The Morgan fingerprint density at radius 1 is 1.03 bits per heavy atom. The number of hydrogen-bond donors (Lipinski definition) is 1. The van der Waals surface area contributed by atoms with E-state index < -0.39 is 17.7 Å². The number of methoxy groups -OCH3 is 1. The number of pyridine rings is 1. The smallest absolute Gasteiger partial charge is 0.300 e. The zero-order valence-electron chi connectivity index (χ0n) is 16.6. The highest BCUT2D eigenvalue weighted by Crippen LogP contribution is 2.42. The van der Waals surface area contributed by atoms with Crippen LogP contribution in [0.3, 0.4) is 0 Å².